The lowest BCUT2D eigenvalue weighted by Crippen LogP contribution is -2.40. The van der Waals surface area contributed by atoms with Crippen LogP contribution in [-0.4, -0.2) is 42.8 Å². The Morgan fingerprint density at radius 2 is 2.00 bits per heavy atom. The highest BCUT2D eigenvalue weighted by Crippen LogP contribution is 2.19. The Morgan fingerprint density at radius 3 is 2.65 bits per heavy atom. The number of rotatable bonds is 6. The lowest BCUT2D eigenvalue weighted by Gasteiger charge is -2.24. The fourth-order valence-electron chi connectivity index (χ4n) is 2.79. The highest BCUT2D eigenvalue weighted by Gasteiger charge is 2.28. The van der Waals surface area contributed by atoms with Crippen molar-refractivity contribution in [1.29, 1.82) is 0 Å². The Kier molecular flexibility index (Phi) is 7.58. The number of hydrogen-bond donors (Lipinski definition) is 1. The largest absolute Gasteiger partial charge is 0.338 e. The van der Waals surface area contributed by atoms with Crippen molar-refractivity contribution < 1.29 is 18.4 Å². The summed E-state index contributed by atoms with van der Waals surface area (Å²) in [6, 6.07) is 3.22. The zero-order valence-corrected chi connectivity index (χ0v) is 13.8. The number of likely N-dealkylation sites (tertiary alicyclic amines) is 1. The predicted octanol–water partition coefficient (Wildman–Crippen LogP) is 2.56. The molecule has 1 fully saturated rings. The van der Waals surface area contributed by atoms with Crippen molar-refractivity contribution in [3.8, 4) is 0 Å². The van der Waals surface area contributed by atoms with E-state index in [0.717, 1.165) is 31.5 Å². The van der Waals surface area contributed by atoms with E-state index in [0.29, 0.717) is 6.54 Å². The molecular weight excluding hydrogens is 326 g/mol. The second-order valence-electron chi connectivity index (χ2n) is 5.49. The number of ketones is 1. The van der Waals surface area contributed by atoms with Gasteiger partial charge in [-0.3, -0.25) is 9.59 Å². The monoisotopic (exact) mass is 346 g/mol. The molecule has 2 rings (SSSR count). The molecule has 0 bridgehead atoms. The van der Waals surface area contributed by atoms with Crippen LogP contribution in [-0.2, 0) is 4.79 Å². The quantitative estimate of drug-likeness (QED) is 0.805. The molecule has 1 N–H and O–H groups in total. The first kappa shape index (κ1) is 19.5. The van der Waals surface area contributed by atoms with Crippen LogP contribution in [0.4, 0.5) is 8.78 Å². The molecule has 0 saturated carbocycles. The smallest absolute Gasteiger partial charge is 0.223 e. The van der Waals surface area contributed by atoms with E-state index in [-0.39, 0.29) is 48.5 Å². The van der Waals surface area contributed by atoms with Gasteiger partial charge in [0.05, 0.1) is 0 Å². The van der Waals surface area contributed by atoms with Gasteiger partial charge in [-0.1, -0.05) is 0 Å². The Labute approximate surface area is 140 Å². The van der Waals surface area contributed by atoms with E-state index in [2.05, 4.69) is 5.32 Å². The minimum atomic E-state index is -1.05. The van der Waals surface area contributed by atoms with Gasteiger partial charge in [0, 0.05) is 37.5 Å². The summed E-state index contributed by atoms with van der Waals surface area (Å²) in [7, 11) is 1.84. The summed E-state index contributed by atoms with van der Waals surface area (Å²) >= 11 is 0. The molecule has 1 heterocycles. The third-order valence-electron chi connectivity index (χ3n) is 3.94. The lowest BCUT2D eigenvalue weighted by molar-refractivity contribution is -0.131. The van der Waals surface area contributed by atoms with Crippen molar-refractivity contribution in [3.05, 3.63) is 35.4 Å². The highest BCUT2D eigenvalue weighted by atomic mass is 35.5. The van der Waals surface area contributed by atoms with Gasteiger partial charge in [0.25, 0.3) is 0 Å². The van der Waals surface area contributed by atoms with Crippen LogP contribution in [0.25, 0.3) is 0 Å². The van der Waals surface area contributed by atoms with Gasteiger partial charge >= 0.3 is 0 Å². The summed E-state index contributed by atoms with van der Waals surface area (Å²) in [5.74, 6) is -2.45. The summed E-state index contributed by atoms with van der Waals surface area (Å²) < 4.78 is 26.0. The number of hydrogen-bond acceptors (Lipinski definition) is 3. The number of nitrogens with zero attached hydrogens (tertiary/aromatic N) is 1. The molecule has 1 atom stereocenters. The molecule has 0 aliphatic carbocycles. The lowest BCUT2D eigenvalue weighted by atomic mass is 10.1. The van der Waals surface area contributed by atoms with Gasteiger partial charge in [-0.25, -0.2) is 8.78 Å². The molecule has 1 aromatic carbocycles. The Morgan fingerprint density at radius 1 is 1.26 bits per heavy atom. The van der Waals surface area contributed by atoms with Crippen molar-refractivity contribution in [2.45, 2.75) is 31.7 Å². The fraction of sp³-hybridized carbons (Fsp3) is 0.500. The number of halogens is 3. The van der Waals surface area contributed by atoms with E-state index in [9.17, 15) is 18.4 Å². The first-order valence-electron chi connectivity index (χ1n) is 7.45. The van der Waals surface area contributed by atoms with E-state index < -0.39 is 11.6 Å². The summed E-state index contributed by atoms with van der Waals surface area (Å²) in [4.78, 5) is 26.0. The highest BCUT2D eigenvalue weighted by molar-refractivity contribution is 5.98. The zero-order valence-electron chi connectivity index (χ0n) is 13.0. The maximum absolute atomic E-state index is 13.1. The van der Waals surface area contributed by atoms with Crippen LogP contribution < -0.4 is 5.32 Å². The second-order valence-corrected chi connectivity index (χ2v) is 5.49. The van der Waals surface area contributed by atoms with E-state index in [1.54, 1.807) is 4.90 Å². The maximum Gasteiger partial charge on any atom is 0.223 e. The maximum atomic E-state index is 13.1. The number of likely N-dealkylation sites (N-methyl/N-ethyl adjacent to an activating group) is 1. The van der Waals surface area contributed by atoms with Crippen molar-refractivity contribution in [1.82, 2.24) is 10.2 Å². The average Bonchev–Trinajstić information content (AvgIpc) is 2.96. The van der Waals surface area contributed by atoms with E-state index in [4.69, 9.17) is 0 Å². The topological polar surface area (TPSA) is 49.4 Å². The molecule has 7 heteroatoms. The van der Waals surface area contributed by atoms with Gasteiger partial charge in [-0.15, -0.1) is 12.4 Å². The minimum absolute atomic E-state index is 0. The van der Waals surface area contributed by atoms with Crippen LogP contribution >= 0.6 is 12.4 Å². The van der Waals surface area contributed by atoms with Gasteiger partial charge in [0.15, 0.2) is 17.4 Å². The van der Waals surface area contributed by atoms with Crippen LogP contribution in [0, 0.1) is 11.6 Å². The summed E-state index contributed by atoms with van der Waals surface area (Å²) in [6.45, 7) is 1.45. The Balaban J connectivity index is 0.00000264. The van der Waals surface area contributed by atoms with Crippen LogP contribution in [0.15, 0.2) is 18.2 Å². The van der Waals surface area contributed by atoms with Crippen molar-refractivity contribution in [2.75, 3.05) is 20.1 Å². The Hall–Kier alpha value is -1.53. The molecule has 1 saturated heterocycles. The molecule has 23 heavy (non-hydrogen) atoms. The second kappa shape index (κ2) is 8.93. The first-order valence-corrected chi connectivity index (χ1v) is 7.45. The zero-order chi connectivity index (χ0) is 16.1. The third kappa shape index (κ3) is 4.97. The standard InChI is InChI=1S/C16H20F2N2O2.ClH/c1-19-10-12-3-2-8-20(12)16(22)7-6-15(21)11-4-5-13(17)14(18)9-11;/h4-5,9,12,19H,2-3,6-8,10H2,1H3;1H. The molecule has 128 valence electrons. The van der Waals surface area contributed by atoms with E-state index >= 15 is 0 Å². The molecule has 1 amide bonds. The molecule has 1 aliphatic rings. The molecule has 1 unspecified atom stereocenters. The summed E-state index contributed by atoms with van der Waals surface area (Å²) in [6.07, 6.45) is 2.03. The average molecular weight is 347 g/mol. The number of carbonyl (C=O) groups is 2. The number of benzene rings is 1. The van der Waals surface area contributed by atoms with Crippen molar-refractivity contribution in [3.63, 3.8) is 0 Å². The van der Waals surface area contributed by atoms with E-state index in [1.165, 1.54) is 6.07 Å². The van der Waals surface area contributed by atoms with Gasteiger partial charge in [-0.2, -0.15) is 0 Å². The predicted molar refractivity (Wildman–Crippen MR) is 85.8 cm³/mol. The molecule has 1 aromatic rings. The van der Waals surface area contributed by atoms with Crippen LogP contribution in [0.5, 0.6) is 0 Å². The molecule has 4 nitrogen and oxygen atoms in total. The number of nitrogens with one attached hydrogen (secondary N) is 1. The number of carbonyl (C=O) groups excluding carboxylic acids is 2. The van der Waals surface area contributed by atoms with Crippen molar-refractivity contribution in [2.24, 2.45) is 0 Å². The Bertz CT molecular complexity index is 569. The van der Waals surface area contributed by atoms with Crippen LogP contribution in [0.1, 0.15) is 36.0 Å². The van der Waals surface area contributed by atoms with E-state index in [1.807, 2.05) is 7.05 Å². The van der Waals surface area contributed by atoms with Gasteiger partial charge in [-0.05, 0) is 38.1 Å². The fourth-order valence-corrected chi connectivity index (χ4v) is 2.79. The summed E-state index contributed by atoms with van der Waals surface area (Å²) in [5.41, 5.74) is 0.0971. The number of amides is 1. The van der Waals surface area contributed by atoms with Crippen LogP contribution in [0.3, 0.4) is 0 Å². The number of Topliss-reactive ketones (excluding diaryl/α,β-unsaturated/α-hetero) is 1. The normalized spacial score (nSPS) is 17.0. The van der Waals surface area contributed by atoms with Gasteiger partial charge in [0.1, 0.15) is 0 Å². The first-order chi connectivity index (χ1) is 10.5. The van der Waals surface area contributed by atoms with Gasteiger partial charge < -0.3 is 10.2 Å². The molecule has 0 aromatic heterocycles. The summed E-state index contributed by atoms with van der Waals surface area (Å²) in [5, 5.41) is 3.06. The van der Waals surface area contributed by atoms with Crippen molar-refractivity contribution >= 4 is 24.1 Å². The van der Waals surface area contributed by atoms with Crippen LogP contribution in [0.2, 0.25) is 0 Å². The molecule has 0 spiro atoms. The third-order valence-corrected chi connectivity index (χ3v) is 3.94. The molecule has 1 aliphatic heterocycles. The SMILES string of the molecule is CNCC1CCCN1C(=O)CCC(=O)c1ccc(F)c(F)c1.Cl. The molecular formula is C16H21ClF2N2O2. The minimum Gasteiger partial charge on any atom is -0.338 e. The van der Waals surface area contributed by atoms with Gasteiger partial charge in [0.2, 0.25) is 5.91 Å². The molecule has 0 radical (unpaired) electrons.